The first-order valence-corrected chi connectivity index (χ1v) is 11.0. The van der Waals surface area contributed by atoms with E-state index in [0.29, 0.717) is 31.1 Å². The van der Waals surface area contributed by atoms with Crippen LogP contribution in [0, 0.1) is 0 Å². The van der Waals surface area contributed by atoms with Crippen LogP contribution in [0.2, 0.25) is 0 Å². The third kappa shape index (κ3) is 3.70. The van der Waals surface area contributed by atoms with Crippen molar-refractivity contribution in [3.8, 4) is 11.5 Å². The van der Waals surface area contributed by atoms with Crippen LogP contribution in [-0.4, -0.2) is 57.4 Å². The van der Waals surface area contributed by atoms with Crippen molar-refractivity contribution in [3.05, 3.63) is 53.6 Å². The number of amides is 1. The molecule has 7 nitrogen and oxygen atoms in total. The molecule has 0 spiro atoms. The van der Waals surface area contributed by atoms with Crippen LogP contribution in [0.15, 0.2) is 47.4 Å². The molecule has 1 atom stereocenters. The Kier molecular flexibility index (Phi) is 5.23. The summed E-state index contributed by atoms with van der Waals surface area (Å²) in [6.45, 7) is 1.67. The summed E-state index contributed by atoms with van der Waals surface area (Å²) in [6, 6.07) is 12.0. The van der Waals surface area contributed by atoms with Crippen molar-refractivity contribution in [2.24, 2.45) is 0 Å². The van der Waals surface area contributed by atoms with Gasteiger partial charge in [0, 0.05) is 26.2 Å². The monoisotopic (exact) mass is 416 g/mol. The number of ether oxygens (including phenoxy) is 2. The van der Waals surface area contributed by atoms with Gasteiger partial charge in [0.1, 0.15) is 13.2 Å². The molecule has 1 fully saturated rings. The fourth-order valence-corrected chi connectivity index (χ4v) is 4.74. The molecule has 0 saturated carbocycles. The molecule has 0 radical (unpaired) electrons. The topological polar surface area (TPSA) is 76.2 Å². The van der Waals surface area contributed by atoms with Crippen LogP contribution in [0.1, 0.15) is 34.8 Å². The predicted octanol–water partition coefficient (Wildman–Crippen LogP) is 2.69. The predicted molar refractivity (Wildman–Crippen MR) is 108 cm³/mol. The van der Waals surface area contributed by atoms with Gasteiger partial charge in [-0.25, -0.2) is 12.7 Å². The van der Waals surface area contributed by atoms with Gasteiger partial charge in [0.05, 0.1) is 10.9 Å². The lowest BCUT2D eigenvalue weighted by molar-refractivity contribution is 0.0735. The molecule has 0 aliphatic carbocycles. The van der Waals surface area contributed by atoms with Crippen LogP contribution in [-0.2, 0) is 10.0 Å². The van der Waals surface area contributed by atoms with Crippen LogP contribution < -0.4 is 9.47 Å². The maximum absolute atomic E-state index is 13.2. The van der Waals surface area contributed by atoms with E-state index >= 15 is 0 Å². The number of benzene rings is 2. The number of sulfonamides is 1. The first-order valence-electron chi connectivity index (χ1n) is 9.61. The molecule has 1 saturated heterocycles. The van der Waals surface area contributed by atoms with E-state index in [9.17, 15) is 13.2 Å². The van der Waals surface area contributed by atoms with Crippen molar-refractivity contribution in [2.45, 2.75) is 23.8 Å². The second kappa shape index (κ2) is 7.68. The number of rotatable bonds is 4. The molecule has 0 aromatic heterocycles. The van der Waals surface area contributed by atoms with Crippen molar-refractivity contribution < 1.29 is 22.7 Å². The molecule has 0 N–H and O–H groups in total. The van der Waals surface area contributed by atoms with E-state index in [1.165, 1.54) is 26.2 Å². The highest BCUT2D eigenvalue weighted by molar-refractivity contribution is 7.89. The number of fused-ring (bicyclic) bond motifs is 1. The third-order valence-corrected chi connectivity index (χ3v) is 7.14. The van der Waals surface area contributed by atoms with Crippen molar-refractivity contribution in [2.75, 3.05) is 33.9 Å². The molecule has 2 heterocycles. The minimum Gasteiger partial charge on any atom is -0.486 e. The van der Waals surface area contributed by atoms with Crippen molar-refractivity contribution in [1.29, 1.82) is 0 Å². The fourth-order valence-electron chi connectivity index (χ4n) is 3.79. The Morgan fingerprint density at radius 1 is 1.07 bits per heavy atom. The molecular weight excluding hydrogens is 392 g/mol. The van der Waals surface area contributed by atoms with Gasteiger partial charge in [0.15, 0.2) is 11.5 Å². The van der Waals surface area contributed by atoms with Gasteiger partial charge >= 0.3 is 0 Å². The van der Waals surface area contributed by atoms with E-state index in [4.69, 9.17) is 9.47 Å². The summed E-state index contributed by atoms with van der Waals surface area (Å²) in [5.41, 5.74) is 1.37. The lowest BCUT2D eigenvalue weighted by Crippen LogP contribution is -2.31. The maximum atomic E-state index is 13.2. The van der Waals surface area contributed by atoms with Crippen LogP contribution in [0.5, 0.6) is 11.5 Å². The highest BCUT2D eigenvalue weighted by Crippen LogP contribution is 2.38. The summed E-state index contributed by atoms with van der Waals surface area (Å²) in [5.74, 6) is 1.25. The van der Waals surface area contributed by atoms with Gasteiger partial charge < -0.3 is 14.4 Å². The van der Waals surface area contributed by atoms with Crippen LogP contribution >= 0.6 is 0 Å². The first kappa shape index (κ1) is 19.7. The second-order valence-electron chi connectivity index (χ2n) is 7.37. The Labute approximate surface area is 170 Å². The molecule has 1 amide bonds. The summed E-state index contributed by atoms with van der Waals surface area (Å²) in [4.78, 5) is 15.2. The number of likely N-dealkylation sites (tertiary alicyclic amines) is 1. The fraction of sp³-hybridized carbons (Fsp3) is 0.381. The summed E-state index contributed by atoms with van der Waals surface area (Å²) < 4.78 is 37.3. The Balaban J connectivity index is 1.62. The second-order valence-corrected chi connectivity index (χ2v) is 9.53. The highest BCUT2D eigenvalue weighted by atomic mass is 32.2. The van der Waals surface area contributed by atoms with Crippen LogP contribution in [0.25, 0.3) is 0 Å². The van der Waals surface area contributed by atoms with E-state index < -0.39 is 10.0 Å². The van der Waals surface area contributed by atoms with E-state index in [1.807, 2.05) is 23.1 Å². The zero-order valence-electron chi connectivity index (χ0n) is 16.5. The first-order chi connectivity index (χ1) is 13.9. The summed E-state index contributed by atoms with van der Waals surface area (Å²) in [6.07, 6.45) is 1.74. The molecule has 2 aliphatic rings. The normalized spacial score (nSPS) is 18.9. The molecule has 8 heteroatoms. The van der Waals surface area contributed by atoms with E-state index in [2.05, 4.69) is 0 Å². The number of hydrogen-bond acceptors (Lipinski definition) is 5. The lowest BCUT2D eigenvalue weighted by atomic mass is 10.0. The molecule has 4 rings (SSSR count). The molecule has 154 valence electrons. The van der Waals surface area contributed by atoms with Gasteiger partial charge in [0.25, 0.3) is 5.91 Å². The minimum atomic E-state index is -3.60. The molecule has 0 unspecified atom stereocenters. The highest BCUT2D eigenvalue weighted by Gasteiger charge is 2.32. The quantitative estimate of drug-likeness (QED) is 0.766. The number of carbonyl (C=O) groups is 1. The average Bonchev–Trinajstić information content (AvgIpc) is 3.22. The van der Waals surface area contributed by atoms with Gasteiger partial charge in [-0.05, 0) is 48.7 Å². The average molecular weight is 416 g/mol. The van der Waals surface area contributed by atoms with Gasteiger partial charge in [-0.15, -0.1) is 0 Å². The maximum Gasteiger partial charge on any atom is 0.254 e. The minimum absolute atomic E-state index is 0.0764. The summed E-state index contributed by atoms with van der Waals surface area (Å²) >= 11 is 0. The number of hydrogen-bond donors (Lipinski definition) is 0. The van der Waals surface area contributed by atoms with Crippen molar-refractivity contribution in [1.82, 2.24) is 9.21 Å². The lowest BCUT2D eigenvalue weighted by Gasteiger charge is -2.27. The van der Waals surface area contributed by atoms with Gasteiger partial charge in [-0.1, -0.05) is 12.1 Å². The zero-order chi connectivity index (χ0) is 20.6. The number of carbonyl (C=O) groups excluding carboxylic acids is 1. The Morgan fingerprint density at radius 3 is 2.59 bits per heavy atom. The van der Waals surface area contributed by atoms with E-state index in [1.54, 1.807) is 12.1 Å². The Hall–Kier alpha value is -2.58. The smallest absolute Gasteiger partial charge is 0.254 e. The van der Waals surface area contributed by atoms with Crippen LogP contribution in [0.4, 0.5) is 0 Å². The largest absolute Gasteiger partial charge is 0.486 e. The Bertz CT molecular complexity index is 1040. The molecule has 2 aromatic carbocycles. The van der Waals surface area contributed by atoms with Crippen molar-refractivity contribution >= 4 is 15.9 Å². The molecule has 0 bridgehead atoms. The van der Waals surface area contributed by atoms with E-state index in [0.717, 1.165) is 28.5 Å². The van der Waals surface area contributed by atoms with Gasteiger partial charge in [-0.3, -0.25) is 4.79 Å². The molecule has 2 aliphatic heterocycles. The summed E-state index contributed by atoms with van der Waals surface area (Å²) in [7, 11) is -0.651. The zero-order valence-corrected chi connectivity index (χ0v) is 17.3. The third-order valence-electron chi connectivity index (χ3n) is 5.32. The molecular formula is C21H24N2O5S. The van der Waals surface area contributed by atoms with Gasteiger partial charge in [-0.2, -0.15) is 0 Å². The van der Waals surface area contributed by atoms with Crippen LogP contribution in [0.3, 0.4) is 0 Å². The molecule has 29 heavy (non-hydrogen) atoms. The van der Waals surface area contributed by atoms with Crippen molar-refractivity contribution in [3.63, 3.8) is 0 Å². The standard InChI is InChI=1S/C21H24N2O5S/c1-22(2)29(25,26)17-6-3-5-16(13-17)21(24)23-10-4-7-18(23)15-8-9-19-20(14-15)28-12-11-27-19/h3,5-6,8-9,13-14,18H,4,7,10-12H2,1-2H3/t18-/m0/s1. The SMILES string of the molecule is CN(C)S(=O)(=O)c1cccc(C(=O)N2CCC[C@H]2c2ccc3c(c2)OCCO3)c1. The summed E-state index contributed by atoms with van der Waals surface area (Å²) in [5, 5.41) is 0. The molecule has 2 aromatic rings. The number of nitrogens with zero attached hydrogens (tertiary/aromatic N) is 2. The Morgan fingerprint density at radius 2 is 1.83 bits per heavy atom. The van der Waals surface area contributed by atoms with E-state index in [-0.39, 0.29) is 16.8 Å². The van der Waals surface area contributed by atoms with Gasteiger partial charge in [0.2, 0.25) is 10.0 Å².